The smallest absolute Gasteiger partial charge is 0.123 e. The molecule has 16 rings (SSSR count). The van der Waals surface area contributed by atoms with Crippen LogP contribution < -0.4 is 14.2 Å². The molecule has 0 fully saturated rings. The van der Waals surface area contributed by atoms with Gasteiger partial charge in [0, 0.05) is 71.9 Å². The summed E-state index contributed by atoms with van der Waals surface area (Å²) in [4.78, 5) is 0. The molecular formula is C75H52N4O4. The van der Waals surface area contributed by atoms with Gasteiger partial charge in [0.2, 0.25) is 0 Å². The van der Waals surface area contributed by atoms with Crippen LogP contribution in [-0.4, -0.2) is 23.4 Å². The zero-order chi connectivity index (χ0) is 55.0. The largest absolute Gasteiger partial charge is 0.508 e. The van der Waals surface area contributed by atoms with Crippen molar-refractivity contribution in [1.82, 2.24) is 18.3 Å². The Bertz CT molecular complexity index is 4420. The van der Waals surface area contributed by atoms with Crippen molar-refractivity contribution in [3.05, 3.63) is 290 Å². The van der Waals surface area contributed by atoms with Crippen LogP contribution in [0.15, 0.2) is 273 Å². The first-order valence-electron chi connectivity index (χ1n) is 28.1. The molecule has 0 aliphatic rings. The Balaban J connectivity index is 0.809. The van der Waals surface area contributed by atoms with Crippen molar-refractivity contribution >= 4 is 87.2 Å². The molecule has 396 valence electrons. The number of aromatic nitrogens is 4. The van der Waals surface area contributed by atoms with E-state index in [0.717, 1.165) is 83.6 Å². The third-order valence-corrected chi connectivity index (χ3v) is 16.3. The van der Waals surface area contributed by atoms with Gasteiger partial charge in [-0.2, -0.15) is 0 Å². The number of ether oxygens (including phenoxy) is 3. The van der Waals surface area contributed by atoms with Gasteiger partial charge in [-0.25, -0.2) is 0 Å². The Labute approximate surface area is 477 Å². The third kappa shape index (κ3) is 8.30. The number of benzene rings is 12. The first-order chi connectivity index (χ1) is 41.0. The topological polar surface area (TPSA) is 67.6 Å². The number of hydrogen-bond donors (Lipinski definition) is 1. The fourth-order valence-corrected chi connectivity index (χ4v) is 12.7. The number of fused-ring (bicyclic) bond motifs is 12. The second-order valence-electron chi connectivity index (χ2n) is 21.4. The second kappa shape index (κ2) is 19.7. The fourth-order valence-electron chi connectivity index (χ4n) is 12.7. The number of aromatic hydroxyl groups is 1. The van der Waals surface area contributed by atoms with E-state index in [1.165, 1.54) is 43.1 Å². The molecular weight excluding hydrogens is 1020 g/mol. The van der Waals surface area contributed by atoms with Crippen LogP contribution in [0, 0.1) is 0 Å². The monoisotopic (exact) mass is 1070 g/mol. The summed E-state index contributed by atoms with van der Waals surface area (Å²) < 4.78 is 29.9. The van der Waals surface area contributed by atoms with Crippen LogP contribution in [0.4, 0.5) is 0 Å². The summed E-state index contributed by atoms with van der Waals surface area (Å²) in [5.41, 5.74) is 16.0. The average molecular weight is 1070 g/mol. The number of nitrogens with zero attached hydrogens (tertiary/aromatic N) is 4. The summed E-state index contributed by atoms with van der Waals surface area (Å²) in [7, 11) is 0. The average Bonchev–Trinajstić information content (AvgIpc) is 2.93. The molecule has 0 spiro atoms. The van der Waals surface area contributed by atoms with E-state index in [1.54, 1.807) is 24.3 Å². The van der Waals surface area contributed by atoms with Crippen LogP contribution >= 0.6 is 0 Å². The molecule has 0 atom stereocenters. The Morgan fingerprint density at radius 2 is 0.458 bits per heavy atom. The lowest BCUT2D eigenvalue weighted by molar-refractivity contribution is 0.281. The van der Waals surface area contributed by atoms with E-state index in [9.17, 15) is 5.11 Å². The van der Waals surface area contributed by atoms with E-state index in [1.807, 2.05) is 18.2 Å². The van der Waals surface area contributed by atoms with Crippen LogP contribution in [0.25, 0.3) is 110 Å². The Morgan fingerprint density at radius 1 is 0.229 bits per heavy atom. The highest BCUT2D eigenvalue weighted by Crippen LogP contribution is 2.39. The van der Waals surface area contributed by atoms with Gasteiger partial charge in [0.1, 0.15) is 42.8 Å². The van der Waals surface area contributed by atoms with Gasteiger partial charge in [0.25, 0.3) is 0 Å². The summed E-state index contributed by atoms with van der Waals surface area (Å²) in [6.07, 6.45) is 0. The lowest BCUT2D eigenvalue weighted by Gasteiger charge is -2.17. The molecule has 0 amide bonds. The van der Waals surface area contributed by atoms with Crippen LogP contribution in [0.3, 0.4) is 0 Å². The minimum absolute atomic E-state index is 0.176. The summed E-state index contributed by atoms with van der Waals surface area (Å²) >= 11 is 0. The van der Waals surface area contributed by atoms with E-state index >= 15 is 0 Å². The van der Waals surface area contributed by atoms with Gasteiger partial charge in [0.15, 0.2) is 0 Å². The highest BCUT2D eigenvalue weighted by atomic mass is 16.5. The fraction of sp³-hybridized carbons (Fsp3) is 0.0400. The normalized spacial score (nSPS) is 11.8. The molecule has 0 bridgehead atoms. The maximum absolute atomic E-state index is 10.1. The zero-order valence-electron chi connectivity index (χ0n) is 45.1. The molecule has 0 unspecified atom stereocenters. The van der Waals surface area contributed by atoms with Gasteiger partial charge in [-0.3, -0.25) is 0 Å². The summed E-state index contributed by atoms with van der Waals surface area (Å²) in [6, 6.07) is 95.6. The van der Waals surface area contributed by atoms with Gasteiger partial charge in [-0.1, -0.05) is 146 Å². The van der Waals surface area contributed by atoms with E-state index in [-0.39, 0.29) is 25.6 Å². The van der Waals surface area contributed by atoms with Gasteiger partial charge in [-0.15, -0.1) is 0 Å². The SMILES string of the molecule is Oc1ccc(OCc2cc(OCc3cc(-n4c5ccccc5c5ccccc54)cc(-n4c5ccccc5c5ccccc54)c3)cc(OCc3cc(-n4c5ccccc5c5ccccc54)cc(-n4c5ccccc5c5ccccc54)c3)c2)cc1. The van der Waals surface area contributed by atoms with Gasteiger partial charge < -0.3 is 37.6 Å². The molecule has 83 heavy (non-hydrogen) atoms. The zero-order valence-corrected chi connectivity index (χ0v) is 45.1. The van der Waals surface area contributed by atoms with Crippen molar-refractivity contribution in [3.8, 4) is 45.7 Å². The molecule has 0 aliphatic carbocycles. The number of para-hydroxylation sites is 8. The van der Waals surface area contributed by atoms with Crippen molar-refractivity contribution in [2.45, 2.75) is 19.8 Å². The minimum Gasteiger partial charge on any atom is -0.508 e. The van der Waals surface area contributed by atoms with Crippen LogP contribution in [-0.2, 0) is 19.8 Å². The summed E-state index contributed by atoms with van der Waals surface area (Å²) in [5, 5.41) is 19.7. The van der Waals surface area contributed by atoms with Gasteiger partial charge in [0.05, 0.1) is 44.1 Å². The maximum atomic E-state index is 10.1. The maximum Gasteiger partial charge on any atom is 0.123 e. The molecule has 8 nitrogen and oxygen atoms in total. The number of rotatable bonds is 13. The van der Waals surface area contributed by atoms with Crippen molar-refractivity contribution < 1.29 is 19.3 Å². The van der Waals surface area contributed by atoms with Crippen LogP contribution in [0.2, 0.25) is 0 Å². The first kappa shape index (κ1) is 48.0. The van der Waals surface area contributed by atoms with E-state index in [4.69, 9.17) is 14.2 Å². The molecule has 1 N–H and O–H groups in total. The predicted octanol–water partition coefficient (Wildman–Crippen LogP) is 18.5. The molecule has 8 heteroatoms. The minimum atomic E-state index is 0.176. The predicted molar refractivity (Wildman–Crippen MR) is 338 cm³/mol. The quantitative estimate of drug-likeness (QED) is 0.125. The highest BCUT2D eigenvalue weighted by Gasteiger charge is 2.20. The highest BCUT2D eigenvalue weighted by molar-refractivity contribution is 6.12. The summed E-state index contributed by atoms with van der Waals surface area (Å²) in [5.74, 6) is 2.08. The Kier molecular flexibility index (Phi) is 11.4. The molecule has 0 radical (unpaired) electrons. The van der Waals surface area contributed by atoms with Crippen molar-refractivity contribution in [2.24, 2.45) is 0 Å². The molecule has 16 aromatic rings. The van der Waals surface area contributed by atoms with Gasteiger partial charge >= 0.3 is 0 Å². The lowest BCUT2D eigenvalue weighted by Crippen LogP contribution is -2.05. The number of hydrogen-bond acceptors (Lipinski definition) is 4. The Hall–Kier alpha value is -11.0. The van der Waals surface area contributed by atoms with Crippen LogP contribution in [0.5, 0.6) is 23.0 Å². The molecule has 0 saturated carbocycles. The number of phenolic OH excluding ortho intramolecular Hbond substituents is 1. The molecule has 0 saturated heterocycles. The number of phenols is 1. The van der Waals surface area contributed by atoms with Crippen molar-refractivity contribution in [1.29, 1.82) is 0 Å². The molecule has 4 heterocycles. The van der Waals surface area contributed by atoms with Gasteiger partial charge in [-0.05, 0) is 138 Å². The molecule has 4 aromatic heterocycles. The lowest BCUT2D eigenvalue weighted by atomic mass is 10.1. The van der Waals surface area contributed by atoms with Crippen LogP contribution in [0.1, 0.15) is 16.7 Å². The van der Waals surface area contributed by atoms with Crippen molar-refractivity contribution in [2.75, 3.05) is 0 Å². The Morgan fingerprint density at radius 3 is 0.723 bits per heavy atom. The summed E-state index contributed by atoms with van der Waals surface area (Å²) in [6.45, 7) is 0.764. The molecule has 0 aliphatic heterocycles. The first-order valence-corrected chi connectivity index (χ1v) is 28.1. The third-order valence-electron chi connectivity index (χ3n) is 16.3. The standard InChI is InChI=1S/C75H52N4O4/c80-56-33-35-57(36-34-56)81-48-51-41-58(82-46-49-37-52(76-68-25-9-1-17-60(68)61-18-2-10-26-69(61)76)43-53(38-49)77-70-27-11-3-19-62(70)63-20-4-12-28-71(63)77)45-59(42-51)83-47-50-39-54(78-72-29-13-5-21-64(72)65-22-6-14-30-73(65)78)44-55(40-50)79-74-31-15-7-23-66(74)67-24-8-16-32-75(67)79/h1-45,80H,46-48H2. The second-order valence-corrected chi connectivity index (χ2v) is 21.4. The van der Waals surface area contributed by atoms with E-state index < -0.39 is 0 Å². The molecule has 12 aromatic carbocycles. The van der Waals surface area contributed by atoms with E-state index in [0.29, 0.717) is 17.2 Å². The van der Waals surface area contributed by atoms with Crippen molar-refractivity contribution in [3.63, 3.8) is 0 Å². The van der Waals surface area contributed by atoms with E-state index in [2.05, 4.69) is 249 Å².